The monoisotopic (exact) mass is 798 g/mol. The van der Waals surface area contributed by atoms with Crippen LogP contribution in [0.2, 0.25) is 0 Å². The number of carbonyl (C=O) groups is 8. The summed E-state index contributed by atoms with van der Waals surface area (Å²) < 4.78 is 21.6. The smallest absolute Gasteiger partial charge is 0.331 e. The van der Waals surface area contributed by atoms with Gasteiger partial charge in [-0.2, -0.15) is 0 Å². The van der Waals surface area contributed by atoms with Crippen LogP contribution in [0.3, 0.4) is 0 Å². The standard InChI is InChI=1S/C41H58N4O12/c1-20(2)9-26-32(46)44-28(36(50)54-5)17-56-38(52)40-13-22-11-23(14-40)16-41(15-22,19-40)39(53)57-18-29(37(51)55-6)45-33(47)27(10-21(3)4)43-35(49)31-25-8-7-24(12-25)30(31)34(48)42-26/h7-8,20-31H,9-19H2,1-6H3,(H,42,48)(H,43,49)(H,44,46)(H,45,47)/t22?,23?,24-,25+,26-,27-,28-,29+,30-,31+,40?,41?/m0/s1. The molecule has 1 saturated heterocycles. The van der Waals surface area contributed by atoms with Crippen LogP contribution in [0.4, 0.5) is 0 Å². The highest BCUT2D eigenvalue weighted by atomic mass is 16.6. The molecule has 6 bridgehead atoms. The van der Waals surface area contributed by atoms with Crippen LogP contribution >= 0.6 is 0 Å². The first kappa shape index (κ1) is 42.1. The molecule has 7 rings (SSSR count). The van der Waals surface area contributed by atoms with E-state index in [1.807, 2.05) is 39.8 Å². The summed E-state index contributed by atoms with van der Waals surface area (Å²) in [7, 11) is 2.30. The molecule has 2 unspecified atom stereocenters. The fourth-order valence-electron chi connectivity index (χ4n) is 11.0. The second-order valence-electron chi connectivity index (χ2n) is 18.3. The first-order chi connectivity index (χ1) is 27.0. The lowest BCUT2D eigenvalue weighted by Gasteiger charge is -2.59. The molecule has 16 heteroatoms. The second-order valence-corrected chi connectivity index (χ2v) is 18.3. The van der Waals surface area contributed by atoms with Crippen molar-refractivity contribution in [3.8, 4) is 0 Å². The van der Waals surface area contributed by atoms with Gasteiger partial charge in [0.15, 0.2) is 12.1 Å². The molecule has 0 aromatic carbocycles. The van der Waals surface area contributed by atoms with Crippen molar-refractivity contribution < 1.29 is 57.3 Å². The van der Waals surface area contributed by atoms with E-state index in [2.05, 4.69) is 21.3 Å². The summed E-state index contributed by atoms with van der Waals surface area (Å²) >= 11 is 0. The number of carbonyl (C=O) groups excluding carboxylic acids is 8. The maximum atomic E-state index is 14.2. The maximum Gasteiger partial charge on any atom is 0.331 e. The van der Waals surface area contributed by atoms with Gasteiger partial charge in [-0.1, -0.05) is 39.8 Å². The lowest BCUT2D eigenvalue weighted by atomic mass is 9.44. The van der Waals surface area contributed by atoms with Crippen LogP contribution in [0, 0.1) is 58.2 Å². The number of hydrogen-bond acceptors (Lipinski definition) is 12. The Kier molecular flexibility index (Phi) is 12.4. The van der Waals surface area contributed by atoms with E-state index in [0.717, 1.165) is 20.6 Å². The zero-order valence-corrected chi connectivity index (χ0v) is 33.8. The number of amides is 4. The molecule has 10 atom stereocenters. The number of hydrogen-bond donors (Lipinski definition) is 4. The maximum absolute atomic E-state index is 14.2. The SMILES string of the molecule is COC(=O)[C@@H]1COC(=O)C23CC4CC(C2)CC(C4)(C3)C(=O)OC[C@H](C(=O)OC)NC(=O)[C@H](CC(C)C)NC(=O)[C@H]2[C@@H](C(=O)N[C@@H](CC(C)C)C(=O)N1)[C@H]1C=C[C@@H]2C1. The van der Waals surface area contributed by atoms with Gasteiger partial charge in [0.25, 0.3) is 0 Å². The van der Waals surface area contributed by atoms with Crippen molar-refractivity contribution in [3.63, 3.8) is 0 Å². The molecule has 1 heterocycles. The van der Waals surface area contributed by atoms with Crippen molar-refractivity contribution in [3.05, 3.63) is 12.2 Å². The quantitative estimate of drug-likeness (QED) is 0.171. The molecule has 2 spiro atoms. The molecular weight excluding hydrogens is 740 g/mol. The minimum atomic E-state index is -1.39. The number of allylic oxidation sites excluding steroid dienone is 2. The number of ether oxygens (including phenoxy) is 4. The minimum absolute atomic E-state index is 0.0266. The number of methoxy groups -OCH3 is 2. The van der Waals surface area contributed by atoms with E-state index < -0.39 is 108 Å². The molecule has 0 aromatic heterocycles. The summed E-state index contributed by atoms with van der Waals surface area (Å²) in [6, 6.07) is -5.01. The largest absolute Gasteiger partial charge is 0.467 e. The molecular formula is C41H58N4O12. The van der Waals surface area contributed by atoms with E-state index in [1.54, 1.807) is 0 Å². The Hall–Kier alpha value is -4.50. The van der Waals surface area contributed by atoms with Crippen LogP contribution in [0.15, 0.2) is 12.2 Å². The zero-order valence-electron chi connectivity index (χ0n) is 33.8. The highest BCUT2D eigenvalue weighted by Crippen LogP contribution is 2.66. The second kappa shape index (κ2) is 16.8. The predicted octanol–water partition coefficient (Wildman–Crippen LogP) is 1.49. The van der Waals surface area contributed by atoms with Gasteiger partial charge in [0, 0.05) is 0 Å². The van der Waals surface area contributed by atoms with Crippen molar-refractivity contribution in [2.75, 3.05) is 27.4 Å². The lowest BCUT2D eigenvalue weighted by Crippen LogP contribution is -2.59. The normalized spacial score (nSPS) is 38.4. The molecule has 16 nitrogen and oxygen atoms in total. The summed E-state index contributed by atoms with van der Waals surface area (Å²) in [5.41, 5.74) is -2.08. The van der Waals surface area contributed by atoms with Crippen molar-refractivity contribution in [2.45, 2.75) is 110 Å². The van der Waals surface area contributed by atoms with Gasteiger partial charge >= 0.3 is 23.9 Å². The van der Waals surface area contributed by atoms with Gasteiger partial charge in [-0.25, -0.2) is 9.59 Å². The lowest BCUT2D eigenvalue weighted by molar-refractivity contribution is -0.195. The van der Waals surface area contributed by atoms with E-state index in [-0.39, 0.29) is 54.8 Å². The Balaban J connectivity index is 1.34. The van der Waals surface area contributed by atoms with Gasteiger partial charge in [0.05, 0.1) is 36.9 Å². The first-order valence-corrected chi connectivity index (χ1v) is 20.4. The third-order valence-electron chi connectivity index (χ3n) is 13.0. The van der Waals surface area contributed by atoms with Gasteiger partial charge in [0.2, 0.25) is 23.6 Å². The zero-order chi connectivity index (χ0) is 41.4. The van der Waals surface area contributed by atoms with E-state index in [1.165, 1.54) is 0 Å². The van der Waals surface area contributed by atoms with Crippen LogP contribution in [0.1, 0.15) is 85.5 Å². The number of rotatable bonds is 6. The number of fused-ring (bicyclic) bond motifs is 5. The van der Waals surface area contributed by atoms with Gasteiger partial charge in [-0.05, 0) is 93.3 Å². The Bertz CT molecular complexity index is 1550. The molecule has 6 fully saturated rings. The van der Waals surface area contributed by atoms with E-state index >= 15 is 0 Å². The Morgan fingerprint density at radius 2 is 1.02 bits per heavy atom. The third kappa shape index (κ3) is 8.69. The van der Waals surface area contributed by atoms with Crippen molar-refractivity contribution in [1.29, 1.82) is 0 Å². The summed E-state index contributed by atoms with van der Waals surface area (Å²) in [6.07, 6.45) is 7.59. The summed E-state index contributed by atoms with van der Waals surface area (Å²) in [6.45, 7) is 6.42. The molecule has 0 aromatic rings. The van der Waals surface area contributed by atoms with Crippen LogP contribution in [-0.4, -0.2) is 99.1 Å². The predicted molar refractivity (Wildman–Crippen MR) is 200 cm³/mol. The van der Waals surface area contributed by atoms with Gasteiger partial charge in [-0.15, -0.1) is 0 Å². The Labute approximate surface area is 333 Å². The average Bonchev–Trinajstić information content (AvgIpc) is 3.78. The van der Waals surface area contributed by atoms with Crippen LogP contribution < -0.4 is 21.3 Å². The molecule has 4 N–H and O–H groups in total. The van der Waals surface area contributed by atoms with Crippen molar-refractivity contribution >= 4 is 47.5 Å². The fourth-order valence-corrected chi connectivity index (χ4v) is 11.0. The van der Waals surface area contributed by atoms with E-state index in [4.69, 9.17) is 18.9 Å². The van der Waals surface area contributed by atoms with Gasteiger partial charge in [-0.3, -0.25) is 28.8 Å². The summed E-state index contributed by atoms with van der Waals surface area (Å²) in [5.74, 6) is -7.74. The molecule has 6 aliphatic carbocycles. The van der Waals surface area contributed by atoms with Crippen molar-refractivity contribution in [1.82, 2.24) is 21.3 Å². The number of nitrogens with one attached hydrogen (secondary N) is 4. The van der Waals surface area contributed by atoms with Gasteiger partial charge in [0.1, 0.15) is 25.3 Å². The van der Waals surface area contributed by atoms with E-state index in [0.29, 0.717) is 32.1 Å². The molecule has 4 amide bonds. The molecule has 5 saturated carbocycles. The van der Waals surface area contributed by atoms with E-state index in [9.17, 15) is 38.4 Å². The molecule has 1 aliphatic heterocycles. The summed E-state index contributed by atoms with van der Waals surface area (Å²) in [5, 5.41) is 11.0. The molecule has 0 radical (unpaired) electrons. The molecule has 314 valence electrons. The van der Waals surface area contributed by atoms with Crippen LogP contribution in [-0.2, 0) is 57.3 Å². The fraction of sp³-hybridized carbons (Fsp3) is 0.756. The average molecular weight is 799 g/mol. The molecule has 57 heavy (non-hydrogen) atoms. The number of esters is 4. The first-order valence-electron chi connectivity index (χ1n) is 20.4. The van der Waals surface area contributed by atoms with Crippen LogP contribution in [0.25, 0.3) is 0 Å². The van der Waals surface area contributed by atoms with Crippen LogP contribution in [0.5, 0.6) is 0 Å². The Morgan fingerprint density at radius 3 is 1.37 bits per heavy atom. The Morgan fingerprint density at radius 1 is 0.632 bits per heavy atom. The van der Waals surface area contributed by atoms with Gasteiger partial charge < -0.3 is 40.2 Å². The summed E-state index contributed by atoms with van der Waals surface area (Å²) in [4.78, 5) is 110. The topological polar surface area (TPSA) is 222 Å². The highest BCUT2D eigenvalue weighted by molar-refractivity contribution is 5.96. The van der Waals surface area contributed by atoms with Crippen molar-refractivity contribution in [2.24, 2.45) is 58.2 Å². The molecule has 7 aliphatic rings. The minimum Gasteiger partial charge on any atom is -0.467 e. The highest BCUT2D eigenvalue weighted by Gasteiger charge is 2.64. The third-order valence-corrected chi connectivity index (χ3v) is 13.0. The number of cyclic esters (lactones) is 2.